The minimum absolute atomic E-state index is 0.258. The topological polar surface area (TPSA) is 81.7 Å². The Morgan fingerprint density at radius 3 is 2.10 bits per heavy atom. The highest BCUT2D eigenvalue weighted by molar-refractivity contribution is 5.49. The van der Waals surface area contributed by atoms with Crippen molar-refractivity contribution in [2.75, 3.05) is 5.32 Å². The highest BCUT2D eigenvalue weighted by Crippen LogP contribution is 2.28. The van der Waals surface area contributed by atoms with Crippen LogP contribution < -0.4 is 10.1 Å². The van der Waals surface area contributed by atoms with Gasteiger partial charge in [0.05, 0.1) is 29.0 Å². The fourth-order valence-electron chi connectivity index (χ4n) is 2.86. The predicted octanol–water partition coefficient (Wildman–Crippen LogP) is 5.82. The predicted molar refractivity (Wildman–Crippen MR) is 119 cm³/mol. The summed E-state index contributed by atoms with van der Waals surface area (Å²) >= 11 is 0. The van der Waals surface area contributed by atoms with Gasteiger partial charge in [-0.1, -0.05) is 26.0 Å². The molecule has 0 unspecified atom stereocenters. The first-order valence-corrected chi connectivity index (χ1v) is 10.0. The zero-order valence-corrected chi connectivity index (χ0v) is 17.9. The van der Waals surface area contributed by atoms with E-state index in [4.69, 9.17) is 15.3 Å². The lowest BCUT2D eigenvalue weighted by molar-refractivity contribution is 0.293. The molecule has 1 heterocycles. The summed E-state index contributed by atoms with van der Waals surface area (Å²) in [5.74, 6) is 0.441. The summed E-state index contributed by atoms with van der Waals surface area (Å²) in [5.41, 5.74) is 4.66. The van der Waals surface area contributed by atoms with E-state index in [0.717, 1.165) is 11.3 Å². The number of hydrogen-bond acceptors (Lipinski definition) is 5. The maximum Gasteiger partial charge on any atom is 0.147 e. The van der Waals surface area contributed by atoms with Gasteiger partial charge >= 0.3 is 0 Å². The number of pyridine rings is 1. The number of aryl methyl sites for hydroxylation is 1. The van der Waals surface area contributed by atoms with Crippen molar-refractivity contribution in [1.29, 1.82) is 10.5 Å². The molecule has 31 heavy (non-hydrogen) atoms. The van der Waals surface area contributed by atoms with Gasteiger partial charge in [0, 0.05) is 24.0 Å². The zero-order valence-electron chi connectivity index (χ0n) is 17.9. The molecule has 2 aromatic carbocycles. The van der Waals surface area contributed by atoms with Crippen LogP contribution in [0.1, 0.15) is 47.4 Å². The number of nitrogens with zero attached hydrogens (tertiary/aromatic N) is 3. The number of benzene rings is 2. The standard InChI is InChI=1S/C23H19FN4O.C2H6/c1-16-23(29-15-19-4-2-17(11-25)3-5-19)22(10-24)20(13-27-16)14-28-21-8-6-18(12-26)7-9-21;1-2/h2-9,13,28H,10,14-15H2,1H3;1-2H3. The number of nitrogens with one attached hydrogen (secondary N) is 1. The van der Waals surface area contributed by atoms with Crippen LogP contribution >= 0.6 is 0 Å². The van der Waals surface area contributed by atoms with Crippen LogP contribution in [0.5, 0.6) is 5.75 Å². The monoisotopic (exact) mass is 416 g/mol. The minimum Gasteiger partial charge on any atom is -0.487 e. The SMILES string of the molecule is CC.Cc1ncc(CNc2ccc(C#N)cc2)c(CF)c1OCc1ccc(C#N)cc1. The van der Waals surface area contributed by atoms with E-state index in [1.807, 2.05) is 26.0 Å². The quantitative estimate of drug-likeness (QED) is 0.525. The number of anilines is 1. The Kier molecular flexibility index (Phi) is 9.01. The van der Waals surface area contributed by atoms with Gasteiger partial charge in [-0.25, -0.2) is 4.39 Å². The maximum absolute atomic E-state index is 13.9. The van der Waals surface area contributed by atoms with Gasteiger partial charge in [-0.2, -0.15) is 10.5 Å². The summed E-state index contributed by atoms with van der Waals surface area (Å²) in [6, 6.07) is 18.3. The fourth-order valence-corrected chi connectivity index (χ4v) is 2.86. The van der Waals surface area contributed by atoms with Crippen molar-refractivity contribution >= 4 is 5.69 Å². The molecule has 1 N–H and O–H groups in total. The third-order valence-corrected chi connectivity index (χ3v) is 4.50. The molecule has 0 atom stereocenters. The smallest absolute Gasteiger partial charge is 0.147 e. The molecule has 0 aliphatic carbocycles. The summed E-state index contributed by atoms with van der Waals surface area (Å²) in [6.07, 6.45) is 1.65. The number of hydrogen-bond donors (Lipinski definition) is 1. The average Bonchev–Trinajstić information content (AvgIpc) is 2.84. The summed E-state index contributed by atoms with van der Waals surface area (Å²) in [5, 5.41) is 21.0. The number of halogens is 1. The molecule has 0 saturated carbocycles. The maximum atomic E-state index is 13.9. The molecule has 0 bridgehead atoms. The van der Waals surface area contributed by atoms with Crippen LogP contribution in [-0.2, 0) is 19.8 Å². The largest absolute Gasteiger partial charge is 0.487 e. The van der Waals surface area contributed by atoms with E-state index in [-0.39, 0.29) is 6.61 Å². The minimum atomic E-state index is -0.670. The molecule has 6 heteroatoms. The highest BCUT2D eigenvalue weighted by atomic mass is 19.1. The van der Waals surface area contributed by atoms with Crippen LogP contribution in [0, 0.1) is 29.6 Å². The number of rotatable bonds is 7. The molecule has 3 aromatic rings. The molecule has 1 aromatic heterocycles. The van der Waals surface area contributed by atoms with Crippen molar-refractivity contribution in [1.82, 2.24) is 4.98 Å². The third kappa shape index (κ3) is 6.29. The van der Waals surface area contributed by atoms with Gasteiger partial charge in [-0.3, -0.25) is 4.98 Å². The van der Waals surface area contributed by atoms with Crippen LogP contribution in [-0.4, -0.2) is 4.98 Å². The Morgan fingerprint density at radius 2 is 1.55 bits per heavy atom. The average molecular weight is 417 g/mol. The second kappa shape index (κ2) is 11.9. The van der Waals surface area contributed by atoms with Crippen molar-refractivity contribution in [2.45, 2.75) is 40.6 Å². The van der Waals surface area contributed by atoms with Crippen molar-refractivity contribution in [3.63, 3.8) is 0 Å². The first-order chi connectivity index (χ1) is 15.1. The van der Waals surface area contributed by atoms with Crippen molar-refractivity contribution in [2.24, 2.45) is 0 Å². The van der Waals surface area contributed by atoms with Gasteiger partial charge < -0.3 is 10.1 Å². The molecule has 0 aliphatic heterocycles. The molecule has 0 aliphatic rings. The summed E-state index contributed by atoms with van der Waals surface area (Å²) in [6.45, 7) is 5.75. The van der Waals surface area contributed by atoms with Gasteiger partial charge in [-0.15, -0.1) is 0 Å². The summed E-state index contributed by atoms with van der Waals surface area (Å²) in [7, 11) is 0. The van der Waals surface area contributed by atoms with E-state index in [1.165, 1.54) is 0 Å². The molecule has 0 spiro atoms. The van der Waals surface area contributed by atoms with Crippen LogP contribution in [0.4, 0.5) is 10.1 Å². The molecule has 3 rings (SSSR count). The van der Waals surface area contributed by atoms with Gasteiger partial charge in [0.25, 0.3) is 0 Å². The van der Waals surface area contributed by atoms with Gasteiger partial charge in [-0.05, 0) is 54.4 Å². The lowest BCUT2D eigenvalue weighted by atomic mass is 10.1. The molecular formula is C25H25FN4O. The van der Waals surface area contributed by atoms with Crippen molar-refractivity contribution in [3.05, 3.63) is 88.2 Å². The van der Waals surface area contributed by atoms with E-state index in [2.05, 4.69) is 22.4 Å². The van der Waals surface area contributed by atoms with Gasteiger partial charge in [0.1, 0.15) is 19.0 Å². The van der Waals surface area contributed by atoms with E-state index in [9.17, 15) is 4.39 Å². The zero-order chi connectivity index (χ0) is 22.6. The van der Waals surface area contributed by atoms with Gasteiger partial charge in [0.15, 0.2) is 0 Å². The molecule has 0 fully saturated rings. The molecule has 5 nitrogen and oxygen atoms in total. The Morgan fingerprint density at radius 1 is 0.968 bits per heavy atom. The van der Waals surface area contributed by atoms with E-state index in [1.54, 1.807) is 49.5 Å². The molecule has 0 saturated heterocycles. The number of alkyl halides is 1. The lowest BCUT2D eigenvalue weighted by Crippen LogP contribution is -2.08. The summed E-state index contributed by atoms with van der Waals surface area (Å²) in [4.78, 5) is 4.35. The highest BCUT2D eigenvalue weighted by Gasteiger charge is 2.14. The molecule has 0 radical (unpaired) electrons. The number of aromatic nitrogens is 1. The van der Waals surface area contributed by atoms with Crippen LogP contribution in [0.15, 0.2) is 54.7 Å². The van der Waals surface area contributed by atoms with Crippen molar-refractivity contribution < 1.29 is 9.13 Å². The second-order valence-electron chi connectivity index (χ2n) is 6.45. The Labute approximate surface area is 182 Å². The van der Waals surface area contributed by atoms with Crippen LogP contribution in [0.25, 0.3) is 0 Å². The first-order valence-electron chi connectivity index (χ1n) is 10.0. The van der Waals surface area contributed by atoms with E-state index >= 15 is 0 Å². The van der Waals surface area contributed by atoms with Crippen LogP contribution in [0.3, 0.4) is 0 Å². The molecular weight excluding hydrogens is 391 g/mol. The number of nitriles is 2. The van der Waals surface area contributed by atoms with Gasteiger partial charge in [0.2, 0.25) is 0 Å². The molecule has 0 amide bonds. The Bertz CT molecular complexity index is 1060. The Balaban J connectivity index is 0.00000166. The number of ether oxygens (including phenoxy) is 1. The lowest BCUT2D eigenvalue weighted by Gasteiger charge is -2.16. The van der Waals surface area contributed by atoms with E-state index < -0.39 is 6.67 Å². The van der Waals surface area contributed by atoms with E-state index in [0.29, 0.717) is 40.2 Å². The fraction of sp³-hybridized carbons (Fsp3) is 0.240. The Hall–Kier alpha value is -3.90. The normalized spacial score (nSPS) is 9.61. The van der Waals surface area contributed by atoms with Crippen molar-refractivity contribution in [3.8, 4) is 17.9 Å². The summed E-state index contributed by atoms with van der Waals surface area (Å²) < 4.78 is 19.8. The third-order valence-electron chi connectivity index (χ3n) is 4.50. The molecule has 158 valence electrons. The second-order valence-corrected chi connectivity index (χ2v) is 6.45. The van der Waals surface area contributed by atoms with Crippen LogP contribution in [0.2, 0.25) is 0 Å². The first kappa shape index (κ1) is 23.4.